The van der Waals surface area contributed by atoms with Crippen LogP contribution in [0.2, 0.25) is 0 Å². The number of nitrogens with zero attached hydrogens (tertiary/aromatic N) is 4. The molecule has 4 aromatic rings. The number of thiazole rings is 1. The number of nitriles is 1. The second-order valence-electron chi connectivity index (χ2n) is 11.3. The van der Waals surface area contributed by atoms with Gasteiger partial charge < -0.3 is 20.5 Å². The molecule has 2 aromatic carbocycles. The summed E-state index contributed by atoms with van der Waals surface area (Å²) in [4.78, 5) is 37.4. The Hall–Kier alpha value is -4.37. The number of carbonyl (C=O) groups is 2. The second kappa shape index (κ2) is 12.9. The van der Waals surface area contributed by atoms with E-state index in [1.54, 1.807) is 42.5 Å². The smallest absolute Gasteiger partial charge is 0.255 e. The third-order valence-electron chi connectivity index (χ3n) is 7.60. The van der Waals surface area contributed by atoms with E-state index < -0.39 is 5.41 Å². The number of pyridine rings is 1. The van der Waals surface area contributed by atoms with E-state index in [-0.39, 0.29) is 25.0 Å². The van der Waals surface area contributed by atoms with Gasteiger partial charge in [-0.05, 0) is 88.0 Å². The summed E-state index contributed by atoms with van der Waals surface area (Å²) in [7, 11) is 0. The van der Waals surface area contributed by atoms with E-state index in [1.165, 1.54) is 11.3 Å². The summed E-state index contributed by atoms with van der Waals surface area (Å²) in [6.07, 6.45) is 1.78. The van der Waals surface area contributed by atoms with Gasteiger partial charge in [0.05, 0.1) is 18.0 Å². The monoisotopic (exact) mass is 598 g/mol. The van der Waals surface area contributed by atoms with Crippen molar-refractivity contribution in [2.24, 2.45) is 5.92 Å². The van der Waals surface area contributed by atoms with Crippen LogP contribution in [0.15, 0.2) is 54.6 Å². The number of amides is 2. The van der Waals surface area contributed by atoms with Crippen LogP contribution in [0, 0.1) is 24.2 Å². The minimum Gasteiger partial charge on any atom is -0.439 e. The van der Waals surface area contributed by atoms with E-state index >= 15 is 0 Å². The van der Waals surface area contributed by atoms with Crippen molar-refractivity contribution < 1.29 is 19.4 Å². The number of hydrogen-bond acceptors (Lipinski definition) is 9. The van der Waals surface area contributed by atoms with Gasteiger partial charge in [-0.25, -0.2) is 9.97 Å². The van der Waals surface area contributed by atoms with E-state index in [2.05, 4.69) is 31.6 Å². The molecule has 0 radical (unpaired) electrons. The molecule has 3 N–H and O–H groups in total. The number of fused-ring (bicyclic) bond motifs is 1. The summed E-state index contributed by atoms with van der Waals surface area (Å²) < 4.78 is 6.10. The van der Waals surface area contributed by atoms with Crippen molar-refractivity contribution in [3.8, 4) is 17.7 Å². The molecule has 43 heavy (non-hydrogen) atoms. The Bertz CT molecular complexity index is 1690. The highest BCUT2D eigenvalue weighted by atomic mass is 32.1. The van der Waals surface area contributed by atoms with E-state index in [9.17, 15) is 20.0 Å². The first-order valence-electron chi connectivity index (χ1n) is 14.2. The highest BCUT2D eigenvalue weighted by molar-refractivity contribution is 7.21. The van der Waals surface area contributed by atoms with Gasteiger partial charge in [-0.15, -0.1) is 0 Å². The van der Waals surface area contributed by atoms with Crippen LogP contribution in [-0.2, 0) is 10.2 Å². The number of aryl methyl sites for hydroxylation is 1. The van der Waals surface area contributed by atoms with Crippen LogP contribution in [0.4, 0.5) is 10.8 Å². The number of carbonyl (C=O) groups excluding carboxylic acids is 2. The fourth-order valence-corrected chi connectivity index (χ4v) is 5.66. The maximum absolute atomic E-state index is 13.0. The van der Waals surface area contributed by atoms with Crippen LogP contribution in [0.3, 0.4) is 0 Å². The fourth-order valence-electron chi connectivity index (χ4n) is 4.82. The summed E-state index contributed by atoms with van der Waals surface area (Å²) >= 11 is 1.27. The van der Waals surface area contributed by atoms with E-state index in [4.69, 9.17) is 4.74 Å². The molecule has 1 aliphatic heterocycles. The lowest BCUT2D eigenvalue weighted by molar-refractivity contribution is -0.117. The van der Waals surface area contributed by atoms with Crippen molar-refractivity contribution in [3.63, 3.8) is 0 Å². The molecule has 222 valence electrons. The molecule has 2 aromatic heterocycles. The number of aliphatic hydroxyl groups excluding tert-OH is 1. The van der Waals surface area contributed by atoms with Crippen LogP contribution in [0.5, 0.6) is 11.6 Å². The average molecular weight is 599 g/mol. The molecular formula is C32H34N6O4S. The maximum atomic E-state index is 13.0. The SMILES string of the molecule is Cc1ccc(NC(=O)c2cccc(C(C)(C)C#N)c2)cc1Oc1ccc2nc(NC(=O)CN3CCC(CO)CC3)sc2n1. The van der Waals surface area contributed by atoms with Gasteiger partial charge in [0.1, 0.15) is 16.1 Å². The van der Waals surface area contributed by atoms with Crippen LogP contribution in [-0.4, -0.2) is 58.0 Å². The minimum absolute atomic E-state index is 0.132. The Morgan fingerprint density at radius 1 is 1.12 bits per heavy atom. The Labute approximate surface area is 254 Å². The van der Waals surface area contributed by atoms with Gasteiger partial charge in [-0.1, -0.05) is 29.5 Å². The first-order chi connectivity index (χ1) is 20.6. The van der Waals surface area contributed by atoms with Crippen molar-refractivity contribution in [1.82, 2.24) is 14.9 Å². The molecule has 11 heteroatoms. The number of anilines is 2. The summed E-state index contributed by atoms with van der Waals surface area (Å²) in [5.41, 5.74) is 2.57. The van der Waals surface area contributed by atoms with Crippen molar-refractivity contribution in [3.05, 3.63) is 71.3 Å². The third-order valence-corrected chi connectivity index (χ3v) is 8.48. The molecular weight excluding hydrogens is 564 g/mol. The summed E-state index contributed by atoms with van der Waals surface area (Å²) in [5.74, 6) is 0.792. The fraction of sp³-hybridized carbons (Fsp3) is 0.344. The number of nitrogens with one attached hydrogen (secondary N) is 2. The number of hydrogen-bond donors (Lipinski definition) is 3. The summed E-state index contributed by atoms with van der Waals surface area (Å²) in [5, 5.41) is 25.0. The highest BCUT2D eigenvalue weighted by Gasteiger charge is 2.22. The molecule has 1 aliphatic rings. The Morgan fingerprint density at radius 3 is 2.65 bits per heavy atom. The molecule has 0 saturated carbocycles. The van der Waals surface area contributed by atoms with Gasteiger partial charge in [-0.3, -0.25) is 14.5 Å². The van der Waals surface area contributed by atoms with Gasteiger partial charge in [0.25, 0.3) is 5.91 Å². The van der Waals surface area contributed by atoms with Crippen molar-refractivity contribution in [2.45, 2.75) is 39.0 Å². The molecule has 0 bridgehead atoms. The van der Waals surface area contributed by atoms with Crippen molar-refractivity contribution in [1.29, 1.82) is 5.26 Å². The minimum atomic E-state index is -0.710. The van der Waals surface area contributed by atoms with Crippen LogP contribution in [0.25, 0.3) is 10.3 Å². The summed E-state index contributed by atoms with van der Waals surface area (Å²) in [6.45, 7) is 7.59. The quantitative estimate of drug-likeness (QED) is 0.230. The molecule has 5 rings (SSSR count). The van der Waals surface area contributed by atoms with Gasteiger partial charge in [-0.2, -0.15) is 5.26 Å². The first kappa shape index (κ1) is 30.1. The lowest BCUT2D eigenvalue weighted by atomic mass is 9.85. The summed E-state index contributed by atoms with van der Waals surface area (Å²) in [6, 6.07) is 18.2. The number of aromatic nitrogens is 2. The molecule has 1 fully saturated rings. The molecule has 0 aliphatic carbocycles. The molecule has 3 heterocycles. The number of ether oxygens (including phenoxy) is 1. The predicted octanol–water partition coefficient (Wildman–Crippen LogP) is 5.49. The second-order valence-corrected chi connectivity index (χ2v) is 12.3. The number of aliphatic hydroxyl groups is 1. The zero-order valence-electron chi connectivity index (χ0n) is 24.4. The normalized spacial score (nSPS) is 14.3. The van der Waals surface area contributed by atoms with Gasteiger partial charge in [0.15, 0.2) is 5.13 Å². The van der Waals surface area contributed by atoms with Gasteiger partial charge in [0, 0.05) is 30.0 Å². The number of rotatable bonds is 9. The molecule has 10 nitrogen and oxygen atoms in total. The molecule has 0 spiro atoms. The predicted molar refractivity (Wildman–Crippen MR) is 167 cm³/mol. The maximum Gasteiger partial charge on any atom is 0.255 e. The Morgan fingerprint density at radius 2 is 1.91 bits per heavy atom. The van der Waals surface area contributed by atoms with Crippen LogP contribution in [0.1, 0.15) is 48.2 Å². The molecule has 0 unspecified atom stereocenters. The Kier molecular flexibility index (Phi) is 9.01. The van der Waals surface area contributed by atoms with E-state index in [0.29, 0.717) is 44.3 Å². The van der Waals surface area contributed by atoms with Crippen LogP contribution < -0.4 is 15.4 Å². The standard InChI is InChI=1S/C32H34N6O4S/c1-20-7-8-24(34-29(41)22-5-4-6-23(15-22)32(2,3)19-33)16-26(20)42-28-10-9-25-30(37-28)43-31(35-25)36-27(40)17-38-13-11-21(18-39)12-14-38/h4-10,15-16,21,39H,11-14,17-18H2,1-3H3,(H,34,41)(H,35,36,40). The van der Waals surface area contributed by atoms with Gasteiger partial charge in [0.2, 0.25) is 11.8 Å². The van der Waals surface area contributed by atoms with E-state index in [0.717, 1.165) is 37.1 Å². The lowest BCUT2D eigenvalue weighted by Crippen LogP contribution is -2.39. The van der Waals surface area contributed by atoms with E-state index in [1.807, 2.05) is 32.9 Å². The zero-order chi connectivity index (χ0) is 30.6. The largest absolute Gasteiger partial charge is 0.439 e. The zero-order valence-corrected chi connectivity index (χ0v) is 25.2. The topological polar surface area (TPSA) is 140 Å². The van der Waals surface area contributed by atoms with Crippen molar-refractivity contribution in [2.75, 3.05) is 36.9 Å². The number of benzene rings is 2. The van der Waals surface area contributed by atoms with Gasteiger partial charge >= 0.3 is 0 Å². The molecule has 1 saturated heterocycles. The average Bonchev–Trinajstić information content (AvgIpc) is 3.40. The van der Waals surface area contributed by atoms with Crippen molar-refractivity contribution >= 4 is 44.3 Å². The molecule has 0 atom stereocenters. The van der Waals surface area contributed by atoms with Crippen LogP contribution >= 0.6 is 11.3 Å². The number of piperidine rings is 1. The molecule has 2 amide bonds. The highest BCUT2D eigenvalue weighted by Crippen LogP contribution is 2.31. The number of likely N-dealkylation sites (tertiary alicyclic amines) is 1. The third kappa shape index (κ3) is 7.35. The lowest BCUT2D eigenvalue weighted by Gasteiger charge is -2.30. The first-order valence-corrected chi connectivity index (χ1v) is 15.0. The Balaban J connectivity index is 1.24.